The molecule has 2 aromatic rings. The molecule has 2 aliphatic rings. The monoisotopic (exact) mass is 413 g/mol. The quantitative estimate of drug-likeness (QED) is 0.828. The molecule has 30 heavy (non-hydrogen) atoms. The minimum atomic E-state index is -0.485. The average Bonchev–Trinajstić information content (AvgIpc) is 3.16. The molecule has 1 aliphatic heterocycles. The van der Waals surface area contributed by atoms with Crippen LogP contribution >= 0.6 is 0 Å². The van der Waals surface area contributed by atoms with E-state index in [9.17, 15) is 4.79 Å². The SMILES string of the molecule is CN(C(=O)OC(C)(C)C)C1CC=C(c2cnc3[nH]cc(N4CCOCC4)c3n2)CC1. The van der Waals surface area contributed by atoms with Crippen molar-refractivity contribution < 1.29 is 14.3 Å². The predicted molar refractivity (Wildman–Crippen MR) is 117 cm³/mol. The van der Waals surface area contributed by atoms with Gasteiger partial charge in [0, 0.05) is 32.4 Å². The Hall–Kier alpha value is -2.61. The van der Waals surface area contributed by atoms with Crippen LogP contribution in [0.15, 0.2) is 18.5 Å². The first kappa shape index (κ1) is 20.7. The number of hydrogen-bond acceptors (Lipinski definition) is 6. The zero-order valence-electron chi connectivity index (χ0n) is 18.3. The van der Waals surface area contributed by atoms with Gasteiger partial charge in [-0.05, 0) is 45.6 Å². The Morgan fingerprint density at radius 3 is 2.77 bits per heavy atom. The first-order valence-corrected chi connectivity index (χ1v) is 10.6. The van der Waals surface area contributed by atoms with Crippen LogP contribution in [0.25, 0.3) is 16.7 Å². The molecule has 8 nitrogen and oxygen atoms in total. The summed E-state index contributed by atoms with van der Waals surface area (Å²) in [5.41, 5.74) is 4.41. The molecule has 1 N–H and O–H groups in total. The van der Waals surface area contributed by atoms with E-state index in [4.69, 9.17) is 14.5 Å². The summed E-state index contributed by atoms with van der Waals surface area (Å²) in [5, 5.41) is 0. The van der Waals surface area contributed by atoms with Gasteiger partial charge in [0.1, 0.15) is 11.1 Å². The first-order chi connectivity index (χ1) is 14.3. The molecule has 4 rings (SSSR count). The molecule has 1 aliphatic carbocycles. The van der Waals surface area contributed by atoms with Gasteiger partial charge in [0.05, 0.1) is 30.8 Å². The second-order valence-corrected chi connectivity index (χ2v) is 8.97. The van der Waals surface area contributed by atoms with Gasteiger partial charge in [0.15, 0.2) is 5.65 Å². The van der Waals surface area contributed by atoms with Gasteiger partial charge in [-0.25, -0.2) is 14.8 Å². The van der Waals surface area contributed by atoms with Crippen LogP contribution in [-0.2, 0) is 9.47 Å². The third-order valence-corrected chi connectivity index (χ3v) is 5.65. The third kappa shape index (κ3) is 4.43. The highest BCUT2D eigenvalue weighted by Crippen LogP contribution is 2.31. The summed E-state index contributed by atoms with van der Waals surface area (Å²) in [6.45, 7) is 8.85. The average molecular weight is 414 g/mol. The van der Waals surface area contributed by atoms with Gasteiger partial charge in [-0.1, -0.05) is 6.08 Å². The maximum atomic E-state index is 12.4. The van der Waals surface area contributed by atoms with Crippen LogP contribution < -0.4 is 4.90 Å². The zero-order chi connectivity index (χ0) is 21.3. The van der Waals surface area contributed by atoms with E-state index in [1.807, 2.05) is 40.2 Å². The van der Waals surface area contributed by atoms with Crippen LogP contribution in [0.1, 0.15) is 45.7 Å². The van der Waals surface area contributed by atoms with E-state index in [0.29, 0.717) is 0 Å². The number of hydrogen-bond donors (Lipinski definition) is 1. The first-order valence-electron chi connectivity index (χ1n) is 10.6. The number of carbonyl (C=O) groups excluding carboxylic acids is 1. The zero-order valence-corrected chi connectivity index (χ0v) is 18.3. The van der Waals surface area contributed by atoms with E-state index in [1.54, 1.807) is 4.90 Å². The molecule has 0 radical (unpaired) electrons. The molecule has 0 aromatic carbocycles. The lowest BCUT2D eigenvalue weighted by Gasteiger charge is -2.32. The minimum absolute atomic E-state index is 0.136. The number of amides is 1. The standard InChI is InChI=1S/C22H31N5O3/c1-22(2,3)30-21(28)26(4)16-7-5-15(6-8-16)17-13-23-20-19(25-17)18(14-24-20)27-9-11-29-12-10-27/h5,13-14,16H,6-12H2,1-4H3,(H,23,24). The number of fused-ring (bicyclic) bond motifs is 1. The van der Waals surface area contributed by atoms with Crippen molar-refractivity contribution in [2.24, 2.45) is 0 Å². The molecule has 0 spiro atoms. The number of ether oxygens (including phenoxy) is 2. The number of H-pyrrole nitrogens is 1. The van der Waals surface area contributed by atoms with Crippen LogP contribution in [0.4, 0.5) is 10.5 Å². The van der Waals surface area contributed by atoms with Crippen molar-refractivity contribution in [3.63, 3.8) is 0 Å². The summed E-state index contributed by atoms with van der Waals surface area (Å²) in [4.78, 5) is 29.1. The van der Waals surface area contributed by atoms with Crippen molar-refractivity contribution in [2.45, 2.75) is 51.7 Å². The Bertz CT molecular complexity index is 940. The number of anilines is 1. The van der Waals surface area contributed by atoms with Crippen molar-refractivity contribution in [1.29, 1.82) is 0 Å². The Balaban J connectivity index is 1.49. The highest BCUT2D eigenvalue weighted by molar-refractivity contribution is 5.88. The number of allylic oxidation sites excluding steroid dienone is 1. The van der Waals surface area contributed by atoms with Crippen molar-refractivity contribution in [3.8, 4) is 0 Å². The number of carbonyl (C=O) groups is 1. The smallest absolute Gasteiger partial charge is 0.410 e. The largest absolute Gasteiger partial charge is 0.444 e. The van der Waals surface area contributed by atoms with Gasteiger partial charge in [-0.15, -0.1) is 0 Å². The Morgan fingerprint density at radius 1 is 1.33 bits per heavy atom. The molecule has 8 heteroatoms. The number of nitrogens with one attached hydrogen (secondary N) is 1. The van der Waals surface area contributed by atoms with Gasteiger partial charge in [0.2, 0.25) is 0 Å². The van der Waals surface area contributed by atoms with Gasteiger partial charge in [-0.2, -0.15) is 0 Å². The molecule has 1 fully saturated rings. The summed E-state index contributed by atoms with van der Waals surface area (Å²) in [6.07, 6.45) is 8.26. The van der Waals surface area contributed by atoms with E-state index in [1.165, 1.54) is 5.57 Å². The summed E-state index contributed by atoms with van der Waals surface area (Å²) < 4.78 is 11.0. The van der Waals surface area contributed by atoms with Crippen molar-refractivity contribution in [3.05, 3.63) is 24.2 Å². The van der Waals surface area contributed by atoms with Gasteiger partial charge in [-0.3, -0.25) is 0 Å². The number of rotatable bonds is 3. The molecule has 1 unspecified atom stereocenters. The molecule has 0 bridgehead atoms. The highest BCUT2D eigenvalue weighted by Gasteiger charge is 2.27. The second-order valence-electron chi connectivity index (χ2n) is 8.97. The molecule has 3 heterocycles. The summed E-state index contributed by atoms with van der Waals surface area (Å²) in [7, 11) is 1.82. The molecule has 1 atom stereocenters. The van der Waals surface area contributed by atoms with E-state index in [-0.39, 0.29) is 12.1 Å². The normalized spacial score (nSPS) is 20.2. The topological polar surface area (TPSA) is 83.6 Å². The molecular formula is C22H31N5O3. The van der Waals surface area contributed by atoms with E-state index in [0.717, 1.165) is 68.1 Å². The Labute approximate surface area is 177 Å². The van der Waals surface area contributed by atoms with Crippen LogP contribution in [0, 0.1) is 0 Å². The summed E-state index contributed by atoms with van der Waals surface area (Å²) in [5.74, 6) is 0. The van der Waals surface area contributed by atoms with Crippen LogP contribution in [0.3, 0.4) is 0 Å². The van der Waals surface area contributed by atoms with Gasteiger partial charge < -0.3 is 24.3 Å². The molecule has 1 amide bonds. The van der Waals surface area contributed by atoms with Crippen LogP contribution in [0.5, 0.6) is 0 Å². The van der Waals surface area contributed by atoms with Crippen LogP contribution in [0.2, 0.25) is 0 Å². The lowest BCUT2D eigenvalue weighted by Crippen LogP contribution is -2.41. The Morgan fingerprint density at radius 2 is 2.10 bits per heavy atom. The number of nitrogens with zero attached hydrogens (tertiary/aromatic N) is 4. The molecule has 162 valence electrons. The highest BCUT2D eigenvalue weighted by atomic mass is 16.6. The predicted octanol–water partition coefficient (Wildman–Crippen LogP) is 3.60. The van der Waals surface area contributed by atoms with Crippen LogP contribution in [-0.4, -0.2) is 70.9 Å². The molecule has 2 aromatic heterocycles. The molecule has 0 saturated carbocycles. The molecular weight excluding hydrogens is 382 g/mol. The molecule has 1 saturated heterocycles. The second kappa shape index (κ2) is 8.26. The van der Waals surface area contributed by atoms with Crippen molar-refractivity contribution in [2.75, 3.05) is 38.3 Å². The van der Waals surface area contributed by atoms with Gasteiger partial charge >= 0.3 is 6.09 Å². The number of morpholine rings is 1. The third-order valence-electron chi connectivity index (χ3n) is 5.65. The fourth-order valence-corrected chi connectivity index (χ4v) is 3.97. The minimum Gasteiger partial charge on any atom is -0.444 e. The fourth-order valence-electron chi connectivity index (χ4n) is 3.97. The maximum Gasteiger partial charge on any atom is 0.410 e. The van der Waals surface area contributed by atoms with Crippen molar-refractivity contribution in [1.82, 2.24) is 19.9 Å². The van der Waals surface area contributed by atoms with E-state index >= 15 is 0 Å². The lowest BCUT2D eigenvalue weighted by molar-refractivity contribution is 0.0215. The number of aromatic nitrogens is 3. The summed E-state index contributed by atoms with van der Waals surface area (Å²) >= 11 is 0. The number of aromatic amines is 1. The summed E-state index contributed by atoms with van der Waals surface area (Å²) in [6, 6.07) is 0.136. The maximum absolute atomic E-state index is 12.4. The fraction of sp³-hybridized carbons (Fsp3) is 0.591. The Kier molecular flexibility index (Phi) is 5.69. The van der Waals surface area contributed by atoms with Crippen molar-refractivity contribution >= 4 is 28.5 Å². The lowest BCUT2D eigenvalue weighted by atomic mass is 9.93. The van der Waals surface area contributed by atoms with E-state index in [2.05, 4.69) is 20.9 Å². The van der Waals surface area contributed by atoms with E-state index < -0.39 is 5.60 Å². The van der Waals surface area contributed by atoms with Gasteiger partial charge in [0.25, 0.3) is 0 Å².